The maximum absolute atomic E-state index is 12.4. The van der Waals surface area contributed by atoms with Gasteiger partial charge in [-0.2, -0.15) is 13.2 Å². The van der Waals surface area contributed by atoms with Gasteiger partial charge in [-0.25, -0.2) is 4.52 Å². The number of carbonyl (C=O) groups excluding carboxylic acids is 1. The van der Waals surface area contributed by atoms with Crippen LogP contribution in [0.25, 0.3) is 5.65 Å². The molecule has 21 heavy (non-hydrogen) atoms. The molecule has 0 aromatic carbocycles. The van der Waals surface area contributed by atoms with Gasteiger partial charge in [0.2, 0.25) is 0 Å². The summed E-state index contributed by atoms with van der Waals surface area (Å²) in [6, 6.07) is 1.18. The van der Waals surface area contributed by atoms with Gasteiger partial charge in [-0.3, -0.25) is 9.59 Å². The topological polar surface area (TPSA) is 79.3 Å². The average Bonchev–Trinajstić information content (AvgIpc) is 2.64. The van der Waals surface area contributed by atoms with E-state index in [1.807, 2.05) is 0 Å². The van der Waals surface area contributed by atoms with E-state index >= 15 is 0 Å². The van der Waals surface area contributed by atoms with Gasteiger partial charge in [-0.05, 0) is 5.41 Å². The molecule has 114 valence electrons. The van der Waals surface area contributed by atoms with Crippen LogP contribution in [-0.2, 0) is 10.2 Å². The van der Waals surface area contributed by atoms with Crippen molar-refractivity contribution in [2.24, 2.45) is 0 Å². The molecule has 0 atom stereocenters. The Morgan fingerprint density at radius 1 is 1.33 bits per heavy atom. The summed E-state index contributed by atoms with van der Waals surface area (Å²) in [7, 11) is 0. The molecule has 0 fully saturated rings. The molecular formula is C12H13F3N4O2. The summed E-state index contributed by atoms with van der Waals surface area (Å²) in [4.78, 5) is 25.0. The van der Waals surface area contributed by atoms with Crippen molar-refractivity contribution >= 4 is 17.4 Å². The Labute approximate surface area is 117 Å². The van der Waals surface area contributed by atoms with Crippen LogP contribution < -0.4 is 10.9 Å². The highest BCUT2D eigenvalue weighted by atomic mass is 19.4. The number of hydrogen-bond acceptors (Lipinski definition) is 3. The van der Waals surface area contributed by atoms with E-state index in [4.69, 9.17) is 0 Å². The highest BCUT2D eigenvalue weighted by Crippen LogP contribution is 2.32. The van der Waals surface area contributed by atoms with E-state index in [0.29, 0.717) is 5.56 Å². The Morgan fingerprint density at radius 2 is 1.95 bits per heavy atom. The van der Waals surface area contributed by atoms with Crippen molar-refractivity contribution in [1.82, 2.24) is 14.6 Å². The zero-order valence-electron chi connectivity index (χ0n) is 11.5. The lowest BCUT2D eigenvalue weighted by molar-refractivity contribution is -0.167. The Morgan fingerprint density at radius 3 is 2.48 bits per heavy atom. The first kappa shape index (κ1) is 15.1. The normalized spacial score (nSPS) is 12.7. The van der Waals surface area contributed by atoms with E-state index in [1.165, 1.54) is 16.8 Å². The average molecular weight is 302 g/mol. The molecule has 0 saturated carbocycles. The van der Waals surface area contributed by atoms with Crippen LogP contribution in [0, 0.1) is 0 Å². The molecule has 2 aromatic heterocycles. The van der Waals surface area contributed by atoms with Crippen LogP contribution in [0.5, 0.6) is 0 Å². The van der Waals surface area contributed by atoms with Gasteiger partial charge >= 0.3 is 12.1 Å². The lowest BCUT2D eigenvalue weighted by Gasteiger charge is -2.19. The first-order valence-electron chi connectivity index (χ1n) is 6.00. The first-order chi connectivity index (χ1) is 9.50. The molecule has 6 nitrogen and oxygen atoms in total. The molecule has 0 bridgehead atoms. The van der Waals surface area contributed by atoms with Gasteiger partial charge < -0.3 is 10.3 Å². The molecule has 2 heterocycles. The third-order valence-electron chi connectivity index (χ3n) is 2.76. The Balaban J connectivity index is 2.63. The fourth-order valence-electron chi connectivity index (χ4n) is 1.94. The molecule has 2 aromatic rings. The van der Waals surface area contributed by atoms with E-state index in [0.717, 1.165) is 0 Å². The molecule has 2 N–H and O–H groups in total. The fourth-order valence-corrected chi connectivity index (χ4v) is 1.94. The minimum Gasteiger partial charge on any atom is -0.307 e. The summed E-state index contributed by atoms with van der Waals surface area (Å²) in [6.07, 6.45) is -3.70. The van der Waals surface area contributed by atoms with Crippen LogP contribution >= 0.6 is 0 Å². The Kier molecular flexibility index (Phi) is 3.31. The van der Waals surface area contributed by atoms with Crippen LogP contribution in [0.15, 0.2) is 17.1 Å². The SMILES string of the molecule is CC(C)(C)c1c(NC(=O)C(F)(F)F)nn2ccc(=O)[nH]c12. The number of nitrogens with one attached hydrogen (secondary N) is 2. The Hall–Kier alpha value is -2.32. The number of nitrogens with zero attached hydrogens (tertiary/aromatic N) is 2. The molecule has 0 unspecified atom stereocenters. The summed E-state index contributed by atoms with van der Waals surface area (Å²) < 4.78 is 38.4. The van der Waals surface area contributed by atoms with Crippen molar-refractivity contribution in [2.75, 3.05) is 5.32 Å². The van der Waals surface area contributed by atoms with Crippen LogP contribution in [0.2, 0.25) is 0 Å². The third-order valence-corrected chi connectivity index (χ3v) is 2.76. The number of aromatic amines is 1. The Bertz CT molecular complexity index is 752. The van der Waals surface area contributed by atoms with Gasteiger partial charge in [0.05, 0.1) is 0 Å². The molecule has 2 rings (SSSR count). The van der Waals surface area contributed by atoms with E-state index in [-0.39, 0.29) is 11.5 Å². The number of rotatable bonds is 1. The number of amides is 1. The quantitative estimate of drug-likeness (QED) is 0.843. The summed E-state index contributed by atoms with van der Waals surface area (Å²) in [5.41, 5.74) is -0.493. The lowest BCUT2D eigenvalue weighted by Crippen LogP contribution is -2.31. The maximum atomic E-state index is 12.4. The fraction of sp³-hybridized carbons (Fsp3) is 0.417. The van der Waals surface area contributed by atoms with Crippen molar-refractivity contribution in [1.29, 1.82) is 0 Å². The smallest absolute Gasteiger partial charge is 0.307 e. The van der Waals surface area contributed by atoms with Crippen LogP contribution in [-0.4, -0.2) is 26.7 Å². The zero-order chi connectivity index (χ0) is 16.0. The molecule has 0 aliphatic carbocycles. The summed E-state index contributed by atoms with van der Waals surface area (Å²) in [5.74, 6) is -2.34. The van der Waals surface area contributed by atoms with Gasteiger partial charge in [-0.15, -0.1) is 5.10 Å². The van der Waals surface area contributed by atoms with Crippen LogP contribution in [0.3, 0.4) is 0 Å². The van der Waals surface area contributed by atoms with Crippen molar-refractivity contribution in [3.8, 4) is 0 Å². The minimum atomic E-state index is -5.02. The molecule has 1 amide bonds. The summed E-state index contributed by atoms with van der Waals surface area (Å²) >= 11 is 0. The molecule has 9 heteroatoms. The van der Waals surface area contributed by atoms with E-state index in [1.54, 1.807) is 26.1 Å². The van der Waals surface area contributed by atoms with Gasteiger partial charge in [-0.1, -0.05) is 20.8 Å². The largest absolute Gasteiger partial charge is 0.471 e. The predicted molar refractivity (Wildman–Crippen MR) is 69.2 cm³/mol. The second-order valence-electron chi connectivity index (χ2n) is 5.52. The summed E-state index contributed by atoms with van der Waals surface area (Å²) in [6.45, 7) is 5.20. The summed E-state index contributed by atoms with van der Waals surface area (Å²) in [5, 5.41) is 5.64. The van der Waals surface area contributed by atoms with E-state index < -0.39 is 23.1 Å². The highest BCUT2D eigenvalue weighted by molar-refractivity contribution is 5.95. The van der Waals surface area contributed by atoms with Crippen LogP contribution in [0.1, 0.15) is 26.3 Å². The van der Waals surface area contributed by atoms with Crippen molar-refractivity contribution < 1.29 is 18.0 Å². The number of carbonyl (C=O) groups is 1. The monoisotopic (exact) mass is 302 g/mol. The molecule has 0 radical (unpaired) electrons. The number of aromatic nitrogens is 3. The van der Waals surface area contributed by atoms with E-state index in [2.05, 4.69) is 10.1 Å². The minimum absolute atomic E-state index is 0.230. The standard InChI is InChI=1S/C12H13F3N4O2/c1-11(2,3)7-8(17-10(21)12(13,14)15)18-19-5-4-6(20)16-9(7)19/h4-5H,1-3H3,(H,16,20)(H,17,18,21). The van der Waals surface area contributed by atoms with Crippen molar-refractivity contribution in [2.45, 2.75) is 32.4 Å². The number of anilines is 1. The number of alkyl halides is 3. The van der Waals surface area contributed by atoms with Gasteiger partial charge in [0, 0.05) is 17.8 Å². The van der Waals surface area contributed by atoms with E-state index in [9.17, 15) is 22.8 Å². The van der Waals surface area contributed by atoms with Crippen molar-refractivity contribution in [3.63, 3.8) is 0 Å². The number of halogens is 3. The first-order valence-corrected chi connectivity index (χ1v) is 6.00. The predicted octanol–water partition coefficient (Wildman–Crippen LogP) is 1.82. The molecule has 0 saturated heterocycles. The van der Waals surface area contributed by atoms with Crippen LogP contribution in [0.4, 0.5) is 19.0 Å². The van der Waals surface area contributed by atoms with Gasteiger partial charge in [0.15, 0.2) is 5.82 Å². The van der Waals surface area contributed by atoms with Gasteiger partial charge in [0.25, 0.3) is 5.56 Å². The number of hydrogen-bond donors (Lipinski definition) is 2. The third kappa shape index (κ3) is 2.91. The number of H-pyrrole nitrogens is 1. The molecule has 0 spiro atoms. The van der Waals surface area contributed by atoms with Gasteiger partial charge in [0.1, 0.15) is 5.65 Å². The number of fused-ring (bicyclic) bond motifs is 1. The van der Waals surface area contributed by atoms with Crippen molar-refractivity contribution in [3.05, 3.63) is 28.2 Å². The zero-order valence-corrected chi connectivity index (χ0v) is 11.5. The molecule has 0 aliphatic heterocycles. The highest BCUT2D eigenvalue weighted by Gasteiger charge is 2.40. The molecular weight excluding hydrogens is 289 g/mol. The lowest BCUT2D eigenvalue weighted by atomic mass is 9.88. The second kappa shape index (κ2) is 4.61. The maximum Gasteiger partial charge on any atom is 0.471 e. The second-order valence-corrected chi connectivity index (χ2v) is 5.52. The molecule has 0 aliphatic rings.